The van der Waals surface area contributed by atoms with Crippen LogP contribution in [0.2, 0.25) is 0 Å². The number of carbonyl (C=O) groups excluding carboxylic acids is 2. The lowest BCUT2D eigenvalue weighted by molar-refractivity contribution is -0.157. The summed E-state index contributed by atoms with van der Waals surface area (Å²) in [5, 5.41) is 8.73. The monoisotopic (exact) mass is 487 g/mol. The average molecular weight is 488 g/mol. The Balaban J connectivity index is 1.32. The zero-order valence-electron chi connectivity index (χ0n) is 19.7. The third-order valence-corrected chi connectivity index (χ3v) is 8.69. The predicted molar refractivity (Wildman–Crippen MR) is 131 cm³/mol. The molecule has 2 N–H and O–H groups in total. The van der Waals surface area contributed by atoms with Crippen LogP contribution in [-0.2, 0) is 15.3 Å². The Labute approximate surface area is 204 Å². The van der Waals surface area contributed by atoms with Gasteiger partial charge in [0.1, 0.15) is 5.82 Å². The van der Waals surface area contributed by atoms with E-state index in [9.17, 15) is 14.0 Å². The Morgan fingerprint density at radius 3 is 2.71 bits per heavy atom. The first-order valence-corrected chi connectivity index (χ1v) is 13.6. The molecule has 1 aromatic rings. The summed E-state index contributed by atoms with van der Waals surface area (Å²) in [5.74, 6) is 0.553. The van der Waals surface area contributed by atoms with Crippen molar-refractivity contribution in [2.24, 2.45) is 16.9 Å². The second-order valence-electron chi connectivity index (χ2n) is 9.92. The summed E-state index contributed by atoms with van der Waals surface area (Å²) in [5.41, 5.74) is 4.21. The van der Waals surface area contributed by atoms with E-state index in [-0.39, 0.29) is 41.8 Å². The van der Waals surface area contributed by atoms with Crippen LogP contribution < -0.4 is 10.7 Å². The fourth-order valence-corrected chi connectivity index (χ4v) is 6.88. The van der Waals surface area contributed by atoms with Gasteiger partial charge < -0.3 is 15.1 Å². The van der Waals surface area contributed by atoms with Crippen molar-refractivity contribution in [1.82, 2.24) is 20.5 Å². The fourth-order valence-electron chi connectivity index (χ4n) is 5.89. The van der Waals surface area contributed by atoms with Gasteiger partial charge >= 0.3 is 0 Å². The molecule has 3 fully saturated rings. The highest BCUT2D eigenvalue weighted by Crippen LogP contribution is 2.41. The Hall–Kier alpha value is -2.29. The van der Waals surface area contributed by atoms with Gasteiger partial charge in [-0.15, -0.1) is 0 Å². The van der Waals surface area contributed by atoms with Crippen LogP contribution in [0.15, 0.2) is 29.4 Å². The molecule has 0 spiro atoms. The molecule has 0 aromatic heterocycles. The Morgan fingerprint density at radius 2 is 1.97 bits per heavy atom. The molecule has 4 aliphatic rings. The third-order valence-electron chi connectivity index (χ3n) is 7.65. The standard InChI is InChI=1S/C25H34FN5O2S/c1-2-13-30-23(33)20-12-9-17(22(32)27-19-5-3-4-6-19)14-21(20)31-24(30)28-29-25(31)34-15-16-7-10-18(26)11-8-16/h7-8,10-11,17,19-21,24,28H,2-6,9,12-15H2,1H3,(H,27,32). The maximum Gasteiger partial charge on any atom is 0.230 e. The van der Waals surface area contributed by atoms with Crippen LogP contribution in [0.25, 0.3) is 0 Å². The van der Waals surface area contributed by atoms with E-state index >= 15 is 0 Å². The predicted octanol–water partition coefficient (Wildman–Crippen LogP) is 3.61. The minimum absolute atomic E-state index is 0.0480. The summed E-state index contributed by atoms with van der Waals surface area (Å²) in [6, 6.07) is 6.79. The van der Waals surface area contributed by atoms with Crippen molar-refractivity contribution >= 4 is 28.7 Å². The highest BCUT2D eigenvalue weighted by atomic mass is 32.2. The number of fused-ring (bicyclic) bond motifs is 3. The maximum atomic E-state index is 13.4. The average Bonchev–Trinajstić information content (AvgIpc) is 3.51. The Kier molecular flexibility index (Phi) is 6.99. The quantitative estimate of drug-likeness (QED) is 0.641. The van der Waals surface area contributed by atoms with Crippen molar-refractivity contribution in [3.05, 3.63) is 35.6 Å². The van der Waals surface area contributed by atoms with Gasteiger partial charge in [0.2, 0.25) is 11.8 Å². The van der Waals surface area contributed by atoms with E-state index < -0.39 is 0 Å². The number of hydrazone groups is 1. The van der Waals surface area contributed by atoms with Gasteiger partial charge in [-0.1, -0.05) is 43.7 Å². The molecule has 1 saturated heterocycles. The van der Waals surface area contributed by atoms with Crippen molar-refractivity contribution in [2.45, 2.75) is 82.4 Å². The molecule has 4 atom stereocenters. The first-order valence-electron chi connectivity index (χ1n) is 12.6. The highest BCUT2D eigenvalue weighted by Gasteiger charge is 2.52. The number of thioether (sulfide) groups is 1. The lowest BCUT2D eigenvalue weighted by Crippen LogP contribution is -2.68. The number of amides is 2. The number of benzene rings is 1. The van der Waals surface area contributed by atoms with Gasteiger partial charge in [0.15, 0.2) is 11.5 Å². The second kappa shape index (κ2) is 10.1. The molecule has 9 heteroatoms. The van der Waals surface area contributed by atoms with Crippen LogP contribution in [-0.4, -0.2) is 51.7 Å². The number of nitrogens with zero attached hydrogens (tertiary/aromatic N) is 3. The molecule has 7 nitrogen and oxygen atoms in total. The zero-order chi connectivity index (χ0) is 23.7. The Bertz CT molecular complexity index is 936. The van der Waals surface area contributed by atoms with E-state index in [1.807, 2.05) is 4.90 Å². The van der Waals surface area contributed by atoms with Crippen LogP contribution in [0, 0.1) is 17.7 Å². The van der Waals surface area contributed by atoms with Gasteiger partial charge in [-0.05, 0) is 56.2 Å². The number of hydrogen-bond donors (Lipinski definition) is 2. The maximum absolute atomic E-state index is 13.4. The molecule has 2 heterocycles. The van der Waals surface area contributed by atoms with Crippen LogP contribution in [0.4, 0.5) is 4.39 Å². The molecule has 5 rings (SSSR count). The van der Waals surface area contributed by atoms with Gasteiger partial charge in [-0.25, -0.2) is 4.39 Å². The first-order chi connectivity index (χ1) is 16.5. The number of carbonyl (C=O) groups is 2. The van der Waals surface area contributed by atoms with Crippen LogP contribution in [0.3, 0.4) is 0 Å². The van der Waals surface area contributed by atoms with Crippen LogP contribution >= 0.6 is 11.8 Å². The molecule has 2 aliphatic carbocycles. The summed E-state index contributed by atoms with van der Waals surface area (Å²) in [6.45, 7) is 2.75. The molecule has 4 unspecified atom stereocenters. The molecule has 1 aromatic carbocycles. The second-order valence-corrected chi connectivity index (χ2v) is 10.9. The van der Waals surface area contributed by atoms with E-state index in [4.69, 9.17) is 0 Å². The molecule has 0 radical (unpaired) electrons. The summed E-state index contributed by atoms with van der Waals surface area (Å²) >= 11 is 1.59. The smallest absolute Gasteiger partial charge is 0.230 e. The van der Waals surface area contributed by atoms with E-state index in [2.05, 4.69) is 27.7 Å². The van der Waals surface area contributed by atoms with Crippen LogP contribution in [0.5, 0.6) is 0 Å². The van der Waals surface area contributed by atoms with Crippen molar-refractivity contribution < 1.29 is 14.0 Å². The Morgan fingerprint density at radius 1 is 1.21 bits per heavy atom. The lowest BCUT2D eigenvalue weighted by atomic mass is 9.75. The van der Waals surface area contributed by atoms with Crippen molar-refractivity contribution in [3.63, 3.8) is 0 Å². The van der Waals surface area contributed by atoms with Gasteiger partial charge in [0.25, 0.3) is 0 Å². The summed E-state index contributed by atoms with van der Waals surface area (Å²) in [7, 11) is 0. The number of hydrogen-bond acceptors (Lipinski definition) is 6. The molecule has 34 heavy (non-hydrogen) atoms. The highest BCUT2D eigenvalue weighted by molar-refractivity contribution is 8.13. The van der Waals surface area contributed by atoms with E-state index in [0.29, 0.717) is 24.8 Å². The lowest BCUT2D eigenvalue weighted by Gasteiger charge is -2.51. The topological polar surface area (TPSA) is 77.0 Å². The van der Waals surface area contributed by atoms with Gasteiger partial charge in [0, 0.05) is 30.3 Å². The SMILES string of the molecule is CCCN1C(=O)C2CCC(C(=O)NC3CCCC3)CC2N2C(SCc3ccc(F)cc3)=NNC12. The fraction of sp³-hybridized carbons (Fsp3) is 0.640. The van der Waals surface area contributed by atoms with Crippen LogP contribution in [0.1, 0.15) is 63.9 Å². The molecule has 184 valence electrons. The molecular formula is C25H34FN5O2S. The van der Waals surface area contributed by atoms with Gasteiger partial charge in [-0.3, -0.25) is 15.0 Å². The van der Waals surface area contributed by atoms with E-state index in [0.717, 1.165) is 42.8 Å². The molecule has 2 amide bonds. The summed E-state index contributed by atoms with van der Waals surface area (Å²) in [6.07, 6.45) is 7.25. The van der Waals surface area contributed by atoms with Crippen molar-refractivity contribution in [2.75, 3.05) is 6.54 Å². The first kappa shape index (κ1) is 23.5. The number of rotatable bonds is 6. The van der Waals surface area contributed by atoms with Gasteiger partial charge in [0.05, 0.1) is 5.92 Å². The summed E-state index contributed by atoms with van der Waals surface area (Å²) < 4.78 is 13.3. The third kappa shape index (κ3) is 4.63. The number of amidine groups is 1. The summed E-state index contributed by atoms with van der Waals surface area (Å²) in [4.78, 5) is 30.7. The number of nitrogens with one attached hydrogen (secondary N) is 2. The van der Waals surface area contributed by atoms with E-state index in [1.54, 1.807) is 23.9 Å². The normalized spacial score (nSPS) is 28.9. The molecular weight excluding hydrogens is 453 g/mol. The van der Waals surface area contributed by atoms with Crippen molar-refractivity contribution in [1.29, 1.82) is 0 Å². The minimum Gasteiger partial charge on any atom is -0.353 e. The minimum atomic E-state index is -0.305. The zero-order valence-corrected chi connectivity index (χ0v) is 20.5. The van der Waals surface area contributed by atoms with Gasteiger partial charge in [-0.2, -0.15) is 5.10 Å². The number of halogens is 1. The molecule has 2 saturated carbocycles. The van der Waals surface area contributed by atoms with E-state index in [1.165, 1.54) is 25.0 Å². The van der Waals surface area contributed by atoms with Crippen molar-refractivity contribution in [3.8, 4) is 0 Å². The largest absolute Gasteiger partial charge is 0.353 e. The molecule has 0 bridgehead atoms. The molecule has 2 aliphatic heterocycles.